The lowest BCUT2D eigenvalue weighted by atomic mass is 9.82. The molecule has 0 aliphatic rings. The fraction of sp³-hybridized carbons (Fsp3) is 0.424. The molecule has 3 amide bonds. The Balaban J connectivity index is 1.93. The number of aromatic nitrogens is 1. The zero-order valence-corrected chi connectivity index (χ0v) is 27.0. The number of hydrogen-bond donors (Lipinski definition) is 4. The van der Waals surface area contributed by atoms with Crippen LogP contribution in [0.5, 0.6) is 0 Å². The Labute approximate surface area is 267 Å². The van der Waals surface area contributed by atoms with Gasteiger partial charge in [-0.15, -0.1) is 0 Å². The number of carbonyl (C=O) groups excluding carboxylic acids is 3. The molecule has 0 saturated heterocycles. The number of carbonyl (C=O) groups is 3. The van der Waals surface area contributed by atoms with Gasteiger partial charge in [-0.05, 0) is 47.9 Å². The normalized spacial score (nSPS) is 12.8. The number of nitrogens with one attached hydrogen (secondary N) is 2. The summed E-state index contributed by atoms with van der Waals surface area (Å²) in [6, 6.07) is 13.0. The van der Waals surface area contributed by atoms with Crippen molar-refractivity contribution >= 4 is 29.5 Å². The number of aliphatic hydroxyl groups is 1. The Morgan fingerprint density at radius 2 is 1.73 bits per heavy atom. The number of aliphatic hydroxyl groups excluding tert-OH is 1. The molecule has 0 saturated carbocycles. The molecule has 2 atom stereocenters. The van der Waals surface area contributed by atoms with Gasteiger partial charge in [0.2, 0.25) is 17.7 Å². The van der Waals surface area contributed by atoms with Gasteiger partial charge in [-0.1, -0.05) is 51.1 Å². The highest BCUT2D eigenvalue weighted by atomic mass is 32.2. The lowest BCUT2D eigenvalue weighted by Gasteiger charge is -2.41. The van der Waals surface area contributed by atoms with Crippen molar-refractivity contribution in [3.05, 3.63) is 83.7 Å². The zero-order valence-electron chi connectivity index (χ0n) is 26.2. The summed E-state index contributed by atoms with van der Waals surface area (Å²) in [7, 11) is 0. The van der Waals surface area contributed by atoms with E-state index in [1.807, 2.05) is 61.9 Å². The Morgan fingerprint density at radius 3 is 2.38 bits per heavy atom. The molecular weight excluding hydrogens is 600 g/mol. The summed E-state index contributed by atoms with van der Waals surface area (Å²) in [5, 5.41) is 15.4. The summed E-state index contributed by atoms with van der Waals surface area (Å²) in [5.41, 5.74) is 7.72. The fourth-order valence-corrected chi connectivity index (χ4v) is 5.57. The number of halogens is 2. The molecule has 0 unspecified atom stereocenters. The average Bonchev–Trinajstić information content (AvgIpc) is 3.40. The van der Waals surface area contributed by atoms with Crippen LogP contribution in [0, 0.1) is 17.0 Å². The summed E-state index contributed by atoms with van der Waals surface area (Å²) in [5.74, 6) is -1.98. The van der Waals surface area contributed by atoms with Crippen LogP contribution in [0.4, 0.5) is 8.78 Å². The highest BCUT2D eigenvalue weighted by Crippen LogP contribution is 2.41. The van der Waals surface area contributed by atoms with Crippen molar-refractivity contribution in [3.63, 3.8) is 0 Å². The molecule has 0 aliphatic heterocycles. The summed E-state index contributed by atoms with van der Waals surface area (Å²) in [6.45, 7) is 5.93. The van der Waals surface area contributed by atoms with Crippen LogP contribution in [0.25, 0.3) is 11.1 Å². The highest BCUT2D eigenvalue weighted by Gasteiger charge is 2.37. The van der Waals surface area contributed by atoms with Crippen molar-refractivity contribution < 1.29 is 28.3 Å². The molecule has 244 valence electrons. The van der Waals surface area contributed by atoms with E-state index in [-0.39, 0.29) is 37.5 Å². The highest BCUT2D eigenvalue weighted by molar-refractivity contribution is 7.99. The largest absolute Gasteiger partial charge is 0.387 e. The Kier molecular flexibility index (Phi) is 13.1. The van der Waals surface area contributed by atoms with Gasteiger partial charge in [-0.3, -0.25) is 14.4 Å². The molecular formula is C33H43F2N5O4S. The number of thioether (sulfide) groups is 1. The maximum absolute atomic E-state index is 14.9. The molecule has 1 heterocycles. The molecule has 0 spiro atoms. The van der Waals surface area contributed by atoms with Crippen LogP contribution in [0.1, 0.15) is 44.5 Å². The van der Waals surface area contributed by atoms with Crippen molar-refractivity contribution in [3.8, 4) is 11.1 Å². The molecule has 45 heavy (non-hydrogen) atoms. The maximum atomic E-state index is 14.9. The third-order valence-electron chi connectivity index (χ3n) is 7.27. The number of nitrogens with zero attached hydrogens (tertiary/aromatic N) is 2. The van der Waals surface area contributed by atoms with E-state index in [9.17, 15) is 28.3 Å². The Morgan fingerprint density at radius 1 is 1.04 bits per heavy atom. The van der Waals surface area contributed by atoms with Gasteiger partial charge < -0.3 is 30.9 Å². The summed E-state index contributed by atoms with van der Waals surface area (Å²) in [6.07, 6.45) is 3.64. The molecule has 5 N–H and O–H groups in total. The summed E-state index contributed by atoms with van der Waals surface area (Å²) in [4.78, 5) is 39.1. The van der Waals surface area contributed by atoms with Crippen LogP contribution in [-0.4, -0.2) is 76.6 Å². The number of nitrogens with two attached hydrogens (primary N) is 1. The van der Waals surface area contributed by atoms with Crippen molar-refractivity contribution in [2.75, 3.05) is 38.2 Å². The predicted octanol–water partition coefficient (Wildman–Crippen LogP) is 3.70. The quantitative estimate of drug-likeness (QED) is 0.187. The smallest absolute Gasteiger partial charge is 0.248 e. The average molecular weight is 644 g/mol. The second-order valence-electron chi connectivity index (χ2n) is 11.9. The lowest BCUT2D eigenvalue weighted by Crippen LogP contribution is -2.48. The van der Waals surface area contributed by atoms with E-state index in [1.54, 1.807) is 12.3 Å². The molecule has 0 aliphatic carbocycles. The van der Waals surface area contributed by atoms with Gasteiger partial charge in [0.15, 0.2) is 0 Å². The van der Waals surface area contributed by atoms with Gasteiger partial charge in [-0.2, -0.15) is 11.8 Å². The number of amides is 3. The van der Waals surface area contributed by atoms with Crippen molar-refractivity contribution in [1.29, 1.82) is 0 Å². The van der Waals surface area contributed by atoms with E-state index in [0.29, 0.717) is 23.6 Å². The molecule has 3 aromatic rings. The first-order valence-electron chi connectivity index (χ1n) is 14.7. The molecule has 2 aromatic carbocycles. The summed E-state index contributed by atoms with van der Waals surface area (Å²) >= 11 is 1.39. The van der Waals surface area contributed by atoms with E-state index in [2.05, 4.69) is 10.6 Å². The second kappa shape index (κ2) is 16.5. The SMILES string of the molecule is CSCC(=O)NCCNC(=O)[C@@H](N)CCN(C(=O)CO)[C@@H](c1cc(-c2cc(F)ccc2F)cn1Cc1ccccc1)C(C)(C)C. The van der Waals surface area contributed by atoms with Crippen LogP contribution >= 0.6 is 11.8 Å². The standard InChI is InChI=1S/C33H43F2N5O4S/c1-33(2,3)31(40(30(43)20-41)15-12-27(36)32(44)38-14-13-37-29(42)21-45-4)28-16-23(25-17-24(34)10-11-26(25)35)19-39(28)18-22-8-6-5-7-9-22/h5-11,16-17,19,27,31,41H,12-15,18,20-21,36H2,1-4H3,(H,37,42)(H,38,44)/t27-,31-/m0/s1. The molecule has 9 nitrogen and oxygen atoms in total. The molecule has 0 radical (unpaired) electrons. The molecule has 12 heteroatoms. The van der Waals surface area contributed by atoms with Gasteiger partial charge >= 0.3 is 0 Å². The Hall–Kier alpha value is -3.74. The number of benzene rings is 2. The minimum atomic E-state index is -0.963. The summed E-state index contributed by atoms with van der Waals surface area (Å²) < 4.78 is 31.0. The topological polar surface area (TPSA) is 130 Å². The van der Waals surface area contributed by atoms with E-state index in [0.717, 1.165) is 23.8 Å². The van der Waals surface area contributed by atoms with Crippen LogP contribution in [-0.2, 0) is 20.9 Å². The number of rotatable bonds is 15. The van der Waals surface area contributed by atoms with Gasteiger partial charge in [-0.25, -0.2) is 8.78 Å². The fourth-order valence-electron chi connectivity index (χ4n) is 5.21. The minimum Gasteiger partial charge on any atom is -0.387 e. The van der Waals surface area contributed by atoms with E-state index < -0.39 is 47.6 Å². The van der Waals surface area contributed by atoms with Gasteiger partial charge in [0.1, 0.15) is 18.2 Å². The third kappa shape index (κ3) is 10.1. The van der Waals surface area contributed by atoms with E-state index >= 15 is 0 Å². The van der Waals surface area contributed by atoms with Crippen LogP contribution < -0.4 is 16.4 Å². The van der Waals surface area contributed by atoms with Gasteiger partial charge in [0.05, 0.1) is 17.8 Å². The lowest BCUT2D eigenvalue weighted by molar-refractivity contribution is -0.140. The monoisotopic (exact) mass is 643 g/mol. The van der Waals surface area contributed by atoms with Crippen molar-refractivity contribution in [2.24, 2.45) is 11.1 Å². The van der Waals surface area contributed by atoms with E-state index in [1.165, 1.54) is 16.7 Å². The van der Waals surface area contributed by atoms with Crippen molar-refractivity contribution in [1.82, 2.24) is 20.1 Å². The number of hydrogen-bond acceptors (Lipinski definition) is 6. The molecule has 1 aromatic heterocycles. The van der Waals surface area contributed by atoms with Crippen LogP contribution in [0.3, 0.4) is 0 Å². The first kappa shape index (κ1) is 35.7. The van der Waals surface area contributed by atoms with Crippen molar-refractivity contribution in [2.45, 2.75) is 45.8 Å². The molecule has 0 bridgehead atoms. The van der Waals surface area contributed by atoms with Gasteiger partial charge in [0.25, 0.3) is 0 Å². The molecule has 0 fully saturated rings. The minimum absolute atomic E-state index is 0.0422. The second-order valence-corrected chi connectivity index (χ2v) is 12.7. The first-order valence-corrected chi connectivity index (χ1v) is 16.1. The first-order chi connectivity index (χ1) is 21.3. The van der Waals surface area contributed by atoms with Crippen LogP contribution in [0.15, 0.2) is 60.8 Å². The zero-order chi connectivity index (χ0) is 33.1. The predicted molar refractivity (Wildman–Crippen MR) is 173 cm³/mol. The maximum Gasteiger partial charge on any atom is 0.248 e. The van der Waals surface area contributed by atoms with E-state index in [4.69, 9.17) is 5.73 Å². The van der Waals surface area contributed by atoms with Crippen LogP contribution in [0.2, 0.25) is 0 Å². The van der Waals surface area contributed by atoms with Gasteiger partial charge in [0, 0.05) is 49.2 Å². The molecule has 3 rings (SSSR count). The Bertz CT molecular complexity index is 1440. The third-order valence-corrected chi connectivity index (χ3v) is 7.82.